The number of nitriles is 1. The fourth-order valence-corrected chi connectivity index (χ4v) is 3.35. The number of para-hydroxylation sites is 1. The Kier molecular flexibility index (Phi) is 7.82. The van der Waals surface area contributed by atoms with E-state index in [4.69, 9.17) is 5.26 Å². The molecule has 2 aromatic rings. The molecule has 28 heavy (non-hydrogen) atoms. The number of aryl methyl sites for hydroxylation is 1. The van der Waals surface area contributed by atoms with Gasteiger partial charge in [-0.1, -0.05) is 18.2 Å². The molecule has 1 heterocycles. The molecule has 148 valence electrons. The van der Waals surface area contributed by atoms with E-state index in [1.165, 1.54) is 5.69 Å². The maximum atomic E-state index is 12.2. The molecule has 1 aromatic carbocycles. The molecule has 0 saturated carbocycles. The van der Waals surface area contributed by atoms with Crippen LogP contribution in [-0.4, -0.2) is 30.5 Å². The van der Waals surface area contributed by atoms with Gasteiger partial charge >= 0.3 is 0 Å². The summed E-state index contributed by atoms with van der Waals surface area (Å²) in [5, 5.41) is 12.1. The van der Waals surface area contributed by atoms with Gasteiger partial charge in [-0.3, -0.25) is 9.59 Å². The molecule has 0 saturated heterocycles. The number of pyridine rings is 1. The number of nitrogens with one attached hydrogen (secondary N) is 2. The van der Waals surface area contributed by atoms with E-state index in [0.29, 0.717) is 24.9 Å². The molecule has 0 aliphatic rings. The van der Waals surface area contributed by atoms with Crippen LogP contribution in [0.3, 0.4) is 0 Å². The second kappa shape index (κ2) is 10.3. The Balaban J connectivity index is 1.81. The van der Waals surface area contributed by atoms with E-state index in [0.717, 1.165) is 30.8 Å². The monoisotopic (exact) mass is 380 g/mol. The van der Waals surface area contributed by atoms with Crippen molar-refractivity contribution >= 4 is 11.6 Å². The van der Waals surface area contributed by atoms with Gasteiger partial charge < -0.3 is 15.2 Å². The summed E-state index contributed by atoms with van der Waals surface area (Å²) in [6.45, 7) is 8.10. The van der Waals surface area contributed by atoms with Crippen LogP contribution in [0.4, 0.5) is 5.69 Å². The minimum Gasteiger partial charge on any atom is -0.372 e. The highest BCUT2D eigenvalue weighted by Crippen LogP contribution is 2.15. The quantitative estimate of drug-likeness (QED) is 0.655. The molecule has 0 radical (unpaired) electrons. The summed E-state index contributed by atoms with van der Waals surface area (Å²) in [6, 6.07) is 12.2. The van der Waals surface area contributed by atoms with Crippen LogP contribution in [0.25, 0.3) is 0 Å². The summed E-state index contributed by atoms with van der Waals surface area (Å²) >= 11 is 0. The molecule has 6 heteroatoms. The highest BCUT2D eigenvalue weighted by atomic mass is 16.1. The van der Waals surface area contributed by atoms with Gasteiger partial charge in [0, 0.05) is 37.4 Å². The molecule has 0 spiro atoms. The summed E-state index contributed by atoms with van der Waals surface area (Å²) in [6.07, 6.45) is 1.69. The molecule has 2 rings (SSSR count). The predicted octanol–water partition coefficient (Wildman–Crippen LogP) is 2.83. The number of carbonyl (C=O) groups excluding carboxylic acids is 1. The molecule has 0 aliphatic heterocycles. The Morgan fingerprint density at radius 2 is 1.96 bits per heavy atom. The Labute approximate surface area is 166 Å². The van der Waals surface area contributed by atoms with E-state index >= 15 is 0 Å². The van der Waals surface area contributed by atoms with Crippen LogP contribution in [0.2, 0.25) is 0 Å². The van der Waals surface area contributed by atoms with Gasteiger partial charge in [-0.25, -0.2) is 0 Å². The lowest BCUT2D eigenvalue weighted by Crippen LogP contribution is -2.30. The number of hydrogen-bond donors (Lipinski definition) is 2. The average molecular weight is 380 g/mol. The third-order valence-corrected chi connectivity index (χ3v) is 4.95. The number of hydrogen-bond acceptors (Lipinski definition) is 4. The van der Waals surface area contributed by atoms with E-state index in [2.05, 4.69) is 34.3 Å². The van der Waals surface area contributed by atoms with Crippen molar-refractivity contribution in [1.29, 1.82) is 5.26 Å². The van der Waals surface area contributed by atoms with Gasteiger partial charge in [0.15, 0.2) is 0 Å². The Morgan fingerprint density at radius 3 is 2.61 bits per heavy atom. The minimum atomic E-state index is -0.371. The Morgan fingerprint density at radius 1 is 1.25 bits per heavy atom. The summed E-state index contributed by atoms with van der Waals surface area (Å²) in [4.78, 5) is 28.9. The first kappa shape index (κ1) is 21.2. The molecule has 2 N–H and O–H groups in total. The summed E-state index contributed by atoms with van der Waals surface area (Å²) in [5.41, 5.74) is 3.20. The van der Waals surface area contributed by atoms with E-state index in [1.807, 2.05) is 24.3 Å². The molecule has 0 atom stereocenters. The molecule has 0 unspecified atom stereocenters. The van der Waals surface area contributed by atoms with Crippen molar-refractivity contribution in [2.24, 2.45) is 0 Å². The molecule has 1 aromatic heterocycles. The van der Waals surface area contributed by atoms with Crippen molar-refractivity contribution in [3.63, 3.8) is 0 Å². The maximum absolute atomic E-state index is 12.2. The predicted molar refractivity (Wildman–Crippen MR) is 112 cm³/mol. The lowest BCUT2D eigenvalue weighted by atomic mass is 9.99. The van der Waals surface area contributed by atoms with Crippen LogP contribution in [0.5, 0.6) is 0 Å². The van der Waals surface area contributed by atoms with Crippen molar-refractivity contribution in [1.82, 2.24) is 10.3 Å². The molecular formula is C22H28N4O2. The van der Waals surface area contributed by atoms with Gasteiger partial charge in [0.1, 0.15) is 11.6 Å². The number of aromatic nitrogens is 1. The Hall–Kier alpha value is -3.07. The lowest BCUT2D eigenvalue weighted by molar-refractivity contribution is -0.121. The number of anilines is 1. The zero-order valence-electron chi connectivity index (χ0n) is 16.8. The maximum Gasteiger partial charge on any atom is 0.266 e. The van der Waals surface area contributed by atoms with Crippen molar-refractivity contribution in [3.05, 3.63) is 63.1 Å². The van der Waals surface area contributed by atoms with Crippen LogP contribution < -0.4 is 15.8 Å². The SMILES string of the molecule is CCN(CCCNC(=O)CCc1c(C)[nH]c(=O)c(C#N)c1C)c1ccccc1. The van der Waals surface area contributed by atoms with Gasteiger partial charge in [0.05, 0.1) is 0 Å². The summed E-state index contributed by atoms with van der Waals surface area (Å²) in [5.74, 6) is -0.0220. The highest BCUT2D eigenvalue weighted by molar-refractivity contribution is 5.76. The Bertz CT molecular complexity index is 897. The fraction of sp³-hybridized carbons (Fsp3) is 0.409. The van der Waals surface area contributed by atoms with Crippen LogP contribution in [-0.2, 0) is 11.2 Å². The first-order chi connectivity index (χ1) is 13.5. The first-order valence-electron chi connectivity index (χ1n) is 9.67. The van der Waals surface area contributed by atoms with Crippen molar-refractivity contribution in [3.8, 4) is 6.07 Å². The number of aromatic amines is 1. The van der Waals surface area contributed by atoms with Crippen molar-refractivity contribution < 1.29 is 4.79 Å². The largest absolute Gasteiger partial charge is 0.372 e. The van der Waals surface area contributed by atoms with Crippen molar-refractivity contribution in [2.75, 3.05) is 24.5 Å². The second-order valence-electron chi connectivity index (χ2n) is 6.79. The van der Waals surface area contributed by atoms with Gasteiger partial charge in [-0.2, -0.15) is 5.26 Å². The number of H-pyrrole nitrogens is 1. The fourth-order valence-electron chi connectivity index (χ4n) is 3.35. The second-order valence-corrected chi connectivity index (χ2v) is 6.79. The van der Waals surface area contributed by atoms with Crippen LogP contribution in [0.1, 0.15) is 42.1 Å². The molecule has 0 aliphatic carbocycles. The average Bonchev–Trinajstić information content (AvgIpc) is 2.68. The topological polar surface area (TPSA) is 89.0 Å². The molecular weight excluding hydrogens is 352 g/mol. The number of rotatable bonds is 9. The number of amides is 1. The van der Waals surface area contributed by atoms with Crippen LogP contribution in [0, 0.1) is 25.2 Å². The number of nitrogens with zero attached hydrogens (tertiary/aromatic N) is 2. The molecule has 0 fully saturated rings. The zero-order valence-corrected chi connectivity index (χ0v) is 16.8. The van der Waals surface area contributed by atoms with E-state index in [-0.39, 0.29) is 17.0 Å². The number of carbonyl (C=O) groups is 1. The normalized spacial score (nSPS) is 10.4. The van der Waals surface area contributed by atoms with Crippen molar-refractivity contribution in [2.45, 2.75) is 40.0 Å². The van der Waals surface area contributed by atoms with Gasteiger partial charge in [-0.05, 0) is 56.9 Å². The summed E-state index contributed by atoms with van der Waals surface area (Å²) in [7, 11) is 0. The molecule has 1 amide bonds. The van der Waals surface area contributed by atoms with E-state index in [1.54, 1.807) is 13.8 Å². The standard InChI is InChI=1S/C22H28N4O2/c1-4-26(18-9-6-5-7-10-18)14-8-13-24-21(27)12-11-19-16(2)20(15-23)22(28)25-17(19)3/h5-7,9-10H,4,8,11-14H2,1-3H3,(H,24,27)(H,25,28). The smallest absolute Gasteiger partial charge is 0.266 e. The first-order valence-corrected chi connectivity index (χ1v) is 9.67. The third kappa shape index (κ3) is 5.46. The number of benzene rings is 1. The van der Waals surface area contributed by atoms with Gasteiger partial charge in [-0.15, -0.1) is 0 Å². The van der Waals surface area contributed by atoms with Crippen LogP contribution in [0.15, 0.2) is 35.1 Å². The van der Waals surface area contributed by atoms with Crippen LogP contribution >= 0.6 is 0 Å². The van der Waals surface area contributed by atoms with Gasteiger partial charge in [0.25, 0.3) is 5.56 Å². The summed E-state index contributed by atoms with van der Waals surface area (Å²) < 4.78 is 0. The van der Waals surface area contributed by atoms with E-state index in [9.17, 15) is 9.59 Å². The van der Waals surface area contributed by atoms with E-state index < -0.39 is 0 Å². The molecule has 6 nitrogen and oxygen atoms in total. The van der Waals surface area contributed by atoms with Gasteiger partial charge in [0.2, 0.25) is 5.91 Å². The highest BCUT2D eigenvalue weighted by Gasteiger charge is 2.13. The minimum absolute atomic E-state index is 0.0220. The third-order valence-electron chi connectivity index (χ3n) is 4.95. The lowest BCUT2D eigenvalue weighted by Gasteiger charge is -2.23. The zero-order chi connectivity index (χ0) is 20.5. The molecule has 0 bridgehead atoms.